The second-order valence-electron chi connectivity index (χ2n) is 4.40. The molecule has 2 rings (SSSR count). The standard InChI is InChI=1S/C12H15Br2NO2S/c13-9-10-8-11(14)2-3-12(10)15-4-1-6-18(16,17)7-5-15/h2-3,8H,1,4-7,9H2. The third kappa shape index (κ3) is 3.48. The van der Waals surface area contributed by atoms with Crippen LogP contribution in [0.5, 0.6) is 0 Å². The minimum atomic E-state index is -2.85. The van der Waals surface area contributed by atoms with E-state index in [1.54, 1.807) is 0 Å². The van der Waals surface area contributed by atoms with E-state index in [0.717, 1.165) is 22.0 Å². The summed E-state index contributed by atoms with van der Waals surface area (Å²) in [6.07, 6.45) is 0.708. The molecule has 18 heavy (non-hydrogen) atoms. The highest BCUT2D eigenvalue weighted by Crippen LogP contribution is 2.27. The molecule has 1 heterocycles. The van der Waals surface area contributed by atoms with Crippen molar-refractivity contribution < 1.29 is 8.42 Å². The maximum absolute atomic E-state index is 11.6. The summed E-state index contributed by atoms with van der Waals surface area (Å²) in [7, 11) is -2.85. The summed E-state index contributed by atoms with van der Waals surface area (Å²) in [6, 6.07) is 6.13. The molecular formula is C12H15Br2NO2S. The van der Waals surface area contributed by atoms with Crippen molar-refractivity contribution in [2.24, 2.45) is 0 Å². The van der Waals surface area contributed by atoms with Crippen molar-refractivity contribution in [2.45, 2.75) is 11.8 Å². The molecule has 0 aliphatic carbocycles. The summed E-state index contributed by atoms with van der Waals surface area (Å²) in [6.45, 7) is 1.39. The number of hydrogen-bond acceptors (Lipinski definition) is 3. The van der Waals surface area contributed by atoms with E-state index in [1.807, 2.05) is 6.07 Å². The lowest BCUT2D eigenvalue weighted by molar-refractivity contribution is 0.597. The predicted octanol–water partition coefficient (Wildman–Crippen LogP) is 2.97. The van der Waals surface area contributed by atoms with Gasteiger partial charge in [0.1, 0.15) is 0 Å². The summed E-state index contributed by atoms with van der Waals surface area (Å²) in [4.78, 5) is 2.17. The first-order valence-corrected chi connectivity index (χ1v) is 9.55. The lowest BCUT2D eigenvalue weighted by Gasteiger charge is -2.24. The van der Waals surface area contributed by atoms with Crippen LogP contribution < -0.4 is 4.90 Å². The van der Waals surface area contributed by atoms with Gasteiger partial charge in [-0.2, -0.15) is 0 Å². The zero-order chi connectivity index (χ0) is 13.2. The van der Waals surface area contributed by atoms with Crippen molar-refractivity contribution in [3.63, 3.8) is 0 Å². The Bertz CT molecular complexity index is 531. The molecule has 3 nitrogen and oxygen atoms in total. The molecule has 1 fully saturated rings. The first-order valence-electron chi connectivity index (χ1n) is 5.81. The van der Waals surface area contributed by atoms with Crippen LogP contribution in [0.2, 0.25) is 0 Å². The van der Waals surface area contributed by atoms with Crippen molar-refractivity contribution in [3.8, 4) is 0 Å². The number of sulfone groups is 1. The normalized spacial score (nSPS) is 19.6. The number of benzene rings is 1. The van der Waals surface area contributed by atoms with E-state index in [-0.39, 0.29) is 5.75 Å². The second-order valence-corrected chi connectivity index (χ2v) is 8.18. The molecular weight excluding hydrogens is 382 g/mol. The molecule has 1 aromatic rings. The number of hydrogen-bond donors (Lipinski definition) is 0. The molecule has 0 bridgehead atoms. The third-order valence-corrected chi connectivity index (χ3v) is 5.89. The van der Waals surface area contributed by atoms with Gasteiger partial charge in [-0.15, -0.1) is 0 Å². The molecule has 0 atom stereocenters. The third-order valence-electron chi connectivity index (χ3n) is 3.08. The average molecular weight is 397 g/mol. The maximum atomic E-state index is 11.6. The SMILES string of the molecule is O=S1(=O)CCCN(c2ccc(Br)cc2CBr)CC1. The molecule has 1 saturated heterocycles. The van der Waals surface area contributed by atoms with Crippen LogP contribution in [0.4, 0.5) is 5.69 Å². The van der Waals surface area contributed by atoms with Gasteiger partial charge in [0.2, 0.25) is 0 Å². The quantitative estimate of drug-likeness (QED) is 0.721. The van der Waals surface area contributed by atoms with Crippen LogP contribution in [0.15, 0.2) is 22.7 Å². The van der Waals surface area contributed by atoms with Gasteiger partial charge in [-0.1, -0.05) is 31.9 Å². The second kappa shape index (κ2) is 5.92. The van der Waals surface area contributed by atoms with Gasteiger partial charge in [-0.05, 0) is 30.2 Å². The van der Waals surface area contributed by atoms with Crippen LogP contribution in [-0.4, -0.2) is 33.0 Å². The van der Waals surface area contributed by atoms with Crippen LogP contribution in [0.25, 0.3) is 0 Å². The Morgan fingerprint density at radius 1 is 1.22 bits per heavy atom. The highest BCUT2D eigenvalue weighted by molar-refractivity contribution is 9.10. The van der Waals surface area contributed by atoms with Crippen molar-refractivity contribution in [3.05, 3.63) is 28.2 Å². The van der Waals surface area contributed by atoms with Crippen LogP contribution in [0, 0.1) is 0 Å². The van der Waals surface area contributed by atoms with E-state index in [4.69, 9.17) is 0 Å². The molecule has 0 radical (unpaired) electrons. The summed E-state index contributed by atoms with van der Waals surface area (Å²) >= 11 is 6.94. The fourth-order valence-electron chi connectivity index (χ4n) is 2.15. The Labute approximate surface area is 125 Å². The summed E-state index contributed by atoms with van der Waals surface area (Å²) < 4.78 is 24.3. The molecule has 1 aliphatic heterocycles. The summed E-state index contributed by atoms with van der Waals surface area (Å²) in [5.74, 6) is 0.564. The Balaban J connectivity index is 2.26. The van der Waals surface area contributed by atoms with E-state index in [9.17, 15) is 8.42 Å². The first-order chi connectivity index (χ1) is 8.52. The Morgan fingerprint density at radius 3 is 2.72 bits per heavy atom. The van der Waals surface area contributed by atoms with Crippen LogP contribution in [-0.2, 0) is 15.2 Å². The van der Waals surface area contributed by atoms with Gasteiger partial charge in [0, 0.05) is 28.6 Å². The molecule has 0 N–H and O–H groups in total. The largest absolute Gasteiger partial charge is 0.370 e. The van der Waals surface area contributed by atoms with Crippen molar-refractivity contribution in [1.82, 2.24) is 0 Å². The number of halogens is 2. The topological polar surface area (TPSA) is 37.4 Å². The van der Waals surface area contributed by atoms with Gasteiger partial charge in [0.05, 0.1) is 11.5 Å². The minimum Gasteiger partial charge on any atom is -0.370 e. The highest BCUT2D eigenvalue weighted by atomic mass is 79.9. The van der Waals surface area contributed by atoms with Gasteiger partial charge in [-0.25, -0.2) is 8.42 Å². The van der Waals surface area contributed by atoms with E-state index in [1.165, 1.54) is 5.56 Å². The van der Waals surface area contributed by atoms with E-state index >= 15 is 0 Å². The van der Waals surface area contributed by atoms with Gasteiger partial charge in [0.25, 0.3) is 0 Å². The summed E-state index contributed by atoms with van der Waals surface area (Å²) in [5, 5.41) is 0.769. The fraction of sp³-hybridized carbons (Fsp3) is 0.500. The van der Waals surface area contributed by atoms with Gasteiger partial charge < -0.3 is 4.90 Å². The molecule has 100 valence electrons. The Kier molecular flexibility index (Phi) is 4.72. The molecule has 0 saturated carbocycles. The molecule has 0 amide bonds. The van der Waals surface area contributed by atoms with Crippen LogP contribution in [0.1, 0.15) is 12.0 Å². The lowest BCUT2D eigenvalue weighted by atomic mass is 10.2. The molecule has 0 unspecified atom stereocenters. The minimum absolute atomic E-state index is 0.255. The smallest absolute Gasteiger partial charge is 0.152 e. The lowest BCUT2D eigenvalue weighted by Crippen LogP contribution is -2.27. The predicted molar refractivity (Wildman–Crippen MR) is 82.3 cm³/mol. The zero-order valence-corrected chi connectivity index (χ0v) is 13.9. The van der Waals surface area contributed by atoms with E-state index in [2.05, 4.69) is 48.9 Å². The number of alkyl halides is 1. The van der Waals surface area contributed by atoms with Gasteiger partial charge in [0.15, 0.2) is 9.84 Å². The number of nitrogens with zero attached hydrogens (tertiary/aromatic N) is 1. The number of rotatable bonds is 2. The van der Waals surface area contributed by atoms with E-state index in [0.29, 0.717) is 18.7 Å². The highest BCUT2D eigenvalue weighted by Gasteiger charge is 2.20. The fourth-order valence-corrected chi connectivity index (χ4v) is 4.28. The van der Waals surface area contributed by atoms with Crippen molar-refractivity contribution in [2.75, 3.05) is 29.5 Å². The van der Waals surface area contributed by atoms with Crippen LogP contribution >= 0.6 is 31.9 Å². The van der Waals surface area contributed by atoms with E-state index < -0.39 is 9.84 Å². The zero-order valence-electron chi connectivity index (χ0n) is 9.90. The van der Waals surface area contributed by atoms with Crippen LogP contribution in [0.3, 0.4) is 0 Å². The molecule has 0 spiro atoms. The first kappa shape index (κ1) is 14.3. The molecule has 6 heteroatoms. The Morgan fingerprint density at radius 2 is 2.00 bits per heavy atom. The average Bonchev–Trinajstić information content (AvgIpc) is 2.50. The molecule has 1 aromatic carbocycles. The van der Waals surface area contributed by atoms with Crippen molar-refractivity contribution in [1.29, 1.82) is 0 Å². The Hall–Kier alpha value is -0.0700. The molecule has 0 aromatic heterocycles. The van der Waals surface area contributed by atoms with Gasteiger partial charge in [-0.3, -0.25) is 0 Å². The van der Waals surface area contributed by atoms with Gasteiger partial charge >= 0.3 is 0 Å². The monoisotopic (exact) mass is 395 g/mol. The summed E-state index contributed by atoms with van der Waals surface area (Å²) in [5.41, 5.74) is 2.32. The van der Waals surface area contributed by atoms with Crippen molar-refractivity contribution >= 4 is 47.4 Å². The molecule has 1 aliphatic rings. The number of anilines is 1. The maximum Gasteiger partial charge on any atom is 0.152 e.